The summed E-state index contributed by atoms with van der Waals surface area (Å²) < 4.78 is 13.6. The number of nitrogens with one attached hydrogen (secondary N) is 2. The van der Waals surface area contributed by atoms with Crippen LogP contribution in [0.25, 0.3) is 0 Å². The number of halogens is 2. The molecule has 0 aromatic heterocycles. The smallest absolute Gasteiger partial charge is 0.227 e. The minimum atomic E-state index is -0.365. The molecule has 21 heavy (non-hydrogen) atoms. The summed E-state index contributed by atoms with van der Waals surface area (Å²) in [5, 5.41) is 6.27. The first-order chi connectivity index (χ1) is 9.42. The second-order valence-electron chi connectivity index (χ2n) is 6.04. The number of rotatable bonds is 3. The minimum Gasteiger partial charge on any atom is -0.349 e. The van der Waals surface area contributed by atoms with Crippen molar-refractivity contribution in [1.29, 1.82) is 0 Å². The second kappa shape index (κ2) is 7.23. The summed E-state index contributed by atoms with van der Waals surface area (Å²) in [6, 6.07) is 4.93. The molecule has 1 heterocycles. The number of hydrogen-bond acceptors (Lipinski definition) is 2. The van der Waals surface area contributed by atoms with Crippen molar-refractivity contribution in [2.75, 3.05) is 13.1 Å². The normalized spacial score (nSPS) is 23.0. The molecule has 0 saturated carbocycles. The predicted molar refractivity (Wildman–Crippen MR) is 85.2 cm³/mol. The van der Waals surface area contributed by atoms with E-state index in [1.807, 2.05) is 19.9 Å². The van der Waals surface area contributed by atoms with E-state index in [1.54, 1.807) is 13.0 Å². The topological polar surface area (TPSA) is 41.1 Å². The van der Waals surface area contributed by atoms with Crippen LogP contribution in [0.3, 0.4) is 0 Å². The highest BCUT2D eigenvalue weighted by atomic mass is 35.5. The van der Waals surface area contributed by atoms with Gasteiger partial charge in [0.1, 0.15) is 5.82 Å². The quantitative estimate of drug-likeness (QED) is 0.900. The predicted octanol–water partition coefficient (Wildman–Crippen LogP) is 3.12. The molecule has 1 amide bonds. The number of aryl methyl sites for hydroxylation is 1. The maximum atomic E-state index is 13.6. The number of benzene rings is 1. The summed E-state index contributed by atoms with van der Waals surface area (Å²) in [5.41, 5.74) is 1.06. The molecule has 2 atom stereocenters. The maximum Gasteiger partial charge on any atom is 0.227 e. The fourth-order valence-electron chi connectivity index (χ4n) is 2.58. The second-order valence-corrected chi connectivity index (χ2v) is 6.04. The largest absolute Gasteiger partial charge is 0.349 e. The SMILES string of the molecule is Cc1ccc(C(C)NC(=O)C2(C)CCCNC2)cc1F.Cl. The summed E-state index contributed by atoms with van der Waals surface area (Å²) in [6.07, 6.45) is 1.90. The molecule has 1 aliphatic rings. The van der Waals surface area contributed by atoms with Crippen molar-refractivity contribution in [2.45, 2.75) is 39.7 Å². The van der Waals surface area contributed by atoms with Crippen LogP contribution in [0, 0.1) is 18.2 Å². The van der Waals surface area contributed by atoms with Crippen molar-refractivity contribution in [3.05, 3.63) is 35.1 Å². The molecule has 0 aliphatic carbocycles. The standard InChI is InChI=1S/C16H23FN2O.ClH/c1-11-5-6-13(9-14(11)17)12(2)19-15(20)16(3)7-4-8-18-10-16;/h5-6,9,12,18H,4,7-8,10H2,1-3H3,(H,19,20);1H. The zero-order valence-electron chi connectivity index (χ0n) is 12.8. The molecule has 1 aliphatic heterocycles. The van der Waals surface area contributed by atoms with Crippen LogP contribution in [0.1, 0.15) is 43.9 Å². The molecule has 2 N–H and O–H groups in total. The minimum absolute atomic E-state index is 0. The molecule has 0 bridgehead atoms. The van der Waals surface area contributed by atoms with Gasteiger partial charge in [-0.3, -0.25) is 4.79 Å². The van der Waals surface area contributed by atoms with Crippen LogP contribution in [0.4, 0.5) is 4.39 Å². The van der Waals surface area contributed by atoms with Gasteiger partial charge in [-0.2, -0.15) is 0 Å². The van der Waals surface area contributed by atoms with E-state index in [2.05, 4.69) is 10.6 Å². The lowest BCUT2D eigenvalue weighted by Crippen LogP contribution is -2.49. The average molecular weight is 315 g/mol. The van der Waals surface area contributed by atoms with Crippen LogP contribution in [0.15, 0.2) is 18.2 Å². The van der Waals surface area contributed by atoms with Crippen molar-refractivity contribution in [1.82, 2.24) is 10.6 Å². The molecular weight excluding hydrogens is 291 g/mol. The van der Waals surface area contributed by atoms with Crippen LogP contribution < -0.4 is 10.6 Å². The van der Waals surface area contributed by atoms with Crippen molar-refractivity contribution in [3.63, 3.8) is 0 Å². The number of hydrogen-bond donors (Lipinski definition) is 2. The van der Waals surface area contributed by atoms with Gasteiger partial charge < -0.3 is 10.6 Å². The van der Waals surface area contributed by atoms with Crippen molar-refractivity contribution >= 4 is 18.3 Å². The highest BCUT2D eigenvalue weighted by molar-refractivity contribution is 5.85. The molecule has 2 rings (SSSR count). The number of amides is 1. The zero-order valence-corrected chi connectivity index (χ0v) is 13.6. The highest BCUT2D eigenvalue weighted by Crippen LogP contribution is 2.27. The van der Waals surface area contributed by atoms with Gasteiger partial charge in [0.2, 0.25) is 5.91 Å². The van der Waals surface area contributed by atoms with Crippen molar-refractivity contribution < 1.29 is 9.18 Å². The Balaban J connectivity index is 0.00000220. The Labute approximate surface area is 132 Å². The first-order valence-electron chi connectivity index (χ1n) is 7.20. The van der Waals surface area contributed by atoms with Gasteiger partial charge in [-0.15, -0.1) is 12.4 Å². The Morgan fingerprint density at radius 1 is 1.48 bits per heavy atom. The lowest BCUT2D eigenvalue weighted by atomic mass is 9.81. The molecule has 1 aromatic rings. The maximum absolute atomic E-state index is 13.6. The van der Waals surface area contributed by atoms with Crippen LogP contribution in [0.5, 0.6) is 0 Å². The molecule has 0 spiro atoms. The molecule has 0 radical (unpaired) electrons. The molecule has 1 aromatic carbocycles. The first-order valence-corrected chi connectivity index (χ1v) is 7.20. The Morgan fingerprint density at radius 3 is 2.76 bits per heavy atom. The summed E-state index contributed by atoms with van der Waals surface area (Å²) in [6.45, 7) is 7.28. The van der Waals surface area contributed by atoms with E-state index >= 15 is 0 Å². The number of piperidine rings is 1. The molecule has 5 heteroatoms. The monoisotopic (exact) mass is 314 g/mol. The van der Waals surface area contributed by atoms with Gasteiger partial charge in [-0.05, 0) is 57.4 Å². The zero-order chi connectivity index (χ0) is 14.8. The van der Waals surface area contributed by atoms with Crippen molar-refractivity contribution in [3.8, 4) is 0 Å². The van der Waals surface area contributed by atoms with E-state index in [0.29, 0.717) is 12.1 Å². The third-order valence-electron chi connectivity index (χ3n) is 4.19. The van der Waals surface area contributed by atoms with Gasteiger partial charge >= 0.3 is 0 Å². The first kappa shape index (κ1) is 17.9. The van der Waals surface area contributed by atoms with E-state index < -0.39 is 0 Å². The Kier molecular flexibility index (Phi) is 6.17. The van der Waals surface area contributed by atoms with E-state index in [9.17, 15) is 9.18 Å². The van der Waals surface area contributed by atoms with E-state index in [-0.39, 0.29) is 35.6 Å². The highest BCUT2D eigenvalue weighted by Gasteiger charge is 2.35. The molecule has 1 saturated heterocycles. The van der Waals surface area contributed by atoms with Gasteiger partial charge in [0, 0.05) is 6.54 Å². The van der Waals surface area contributed by atoms with Gasteiger partial charge in [0.25, 0.3) is 0 Å². The Bertz CT molecular complexity index is 501. The average Bonchev–Trinajstić information content (AvgIpc) is 2.42. The van der Waals surface area contributed by atoms with E-state index in [0.717, 1.165) is 24.9 Å². The van der Waals surface area contributed by atoms with E-state index in [4.69, 9.17) is 0 Å². The van der Waals surface area contributed by atoms with Gasteiger partial charge in [-0.1, -0.05) is 12.1 Å². The summed E-state index contributed by atoms with van der Waals surface area (Å²) >= 11 is 0. The van der Waals surface area contributed by atoms with Crippen LogP contribution in [-0.2, 0) is 4.79 Å². The fourth-order valence-corrected chi connectivity index (χ4v) is 2.58. The Morgan fingerprint density at radius 2 is 2.19 bits per heavy atom. The molecule has 2 unspecified atom stereocenters. The lowest BCUT2D eigenvalue weighted by Gasteiger charge is -2.33. The van der Waals surface area contributed by atoms with E-state index in [1.165, 1.54) is 6.07 Å². The van der Waals surface area contributed by atoms with Crippen LogP contribution in [-0.4, -0.2) is 19.0 Å². The third kappa shape index (κ3) is 4.17. The number of carbonyl (C=O) groups excluding carboxylic acids is 1. The van der Waals surface area contributed by atoms with Crippen LogP contribution in [0.2, 0.25) is 0 Å². The summed E-state index contributed by atoms with van der Waals surface area (Å²) in [4.78, 5) is 12.4. The Hall–Kier alpha value is -1.13. The summed E-state index contributed by atoms with van der Waals surface area (Å²) in [7, 11) is 0. The van der Waals surface area contributed by atoms with Gasteiger partial charge in [0.05, 0.1) is 11.5 Å². The van der Waals surface area contributed by atoms with Crippen molar-refractivity contribution in [2.24, 2.45) is 5.41 Å². The van der Waals surface area contributed by atoms with Gasteiger partial charge in [0.15, 0.2) is 0 Å². The summed E-state index contributed by atoms with van der Waals surface area (Å²) in [5.74, 6) is -0.188. The van der Waals surface area contributed by atoms with Crippen LogP contribution >= 0.6 is 12.4 Å². The number of carbonyl (C=O) groups is 1. The molecule has 1 fully saturated rings. The fraction of sp³-hybridized carbons (Fsp3) is 0.562. The third-order valence-corrected chi connectivity index (χ3v) is 4.19. The molecular formula is C16H24ClFN2O. The van der Waals surface area contributed by atoms with Gasteiger partial charge in [-0.25, -0.2) is 4.39 Å². The lowest BCUT2D eigenvalue weighted by molar-refractivity contribution is -0.131. The molecule has 118 valence electrons. The molecule has 3 nitrogen and oxygen atoms in total.